The lowest BCUT2D eigenvalue weighted by Gasteiger charge is -2.07. The van der Waals surface area contributed by atoms with Gasteiger partial charge in [-0.2, -0.15) is 0 Å². The van der Waals surface area contributed by atoms with Crippen molar-refractivity contribution in [3.63, 3.8) is 0 Å². The predicted octanol–water partition coefficient (Wildman–Crippen LogP) is 2.81. The molecule has 25 heavy (non-hydrogen) atoms. The number of anilines is 1. The molecule has 1 heterocycles. The largest absolute Gasteiger partial charge is 0.452 e. The molecule has 0 spiro atoms. The smallest absolute Gasteiger partial charge is 0.344 e. The lowest BCUT2D eigenvalue weighted by atomic mass is 10.1. The zero-order chi connectivity index (χ0) is 18.6. The normalized spacial score (nSPS) is 10.6. The number of aryl methyl sites for hydroxylation is 1. The quantitative estimate of drug-likeness (QED) is 0.484. The molecule has 0 unspecified atom stereocenters. The molecule has 0 atom stereocenters. The van der Waals surface area contributed by atoms with Crippen LogP contribution in [0.4, 0.5) is 11.4 Å². The number of nitrogens with one attached hydrogen (secondary N) is 1. The number of amides is 1. The standard InChI is InChI=1S/C16H17N3O6/c1-9(2)15-14(10(3)18-25-15)16(21)24-8-13(20)17-11-5-4-6-12(7-11)19(22)23/h4-7,9H,8H2,1-3H3,(H,17,20). The number of carbonyl (C=O) groups excluding carboxylic acids is 2. The topological polar surface area (TPSA) is 125 Å². The maximum atomic E-state index is 12.2. The van der Waals surface area contributed by atoms with E-state index in [1.807, 2.05) is 13.8 Å². The second kappa shape index (κ2) is 7.56. The Labute approximate surface area is 143 Å². The number of ether oxygens (including phenoxy) is 1. The van der Waals surface area contributed by atoms with Crippen LogP contribution in [0.25, 0.3) is 0 Å². The summed E-state index contributed by atoms with van der Waals surface area (Å²) in [6, 6.07) is 5.45. The van der Waals surface area contributed by atoms with Gasteiger partial charge in [-0.25, -0.2) is 4.79 Å². The van der Waals surface area contributed by atoms with E-state index >= 15 is 0 Å². The molecule has 9 heteroatoms. The fraction of sp³-hybridized carbons (Fsp3) is 0.312. The highest BCUT2D eigenvalue weighted by atomic mass is 16.6. The summed E-state index contributed by atoms with van der Waals surface area (Å²) in [5, 5.41) is 16.9. The number of nitro benzene ring substituents is 1. The van der Waals surface area contributed by atoms with Crippen molar-refractivity contribution >= 4 is 23.3 Å². The van der Waals surface area contributed by atoms with E-state index in [1.165, 1.54) is 24.3 Å². The van der Waals surface area contributed by atoms with Gasteiger partial charge in [0.2, 0.25) is 0 Å². The van der Waals surface area contributed by atoms with Gasteiger partial charge in [-0.05, 0) is 13.0 Å². The van der Waals surface area contributed by atoms with Crippen LogP contribution in [0.1, 0.15) is 41.6 Å². The number of benzene rings is 1. The molecule has 0 aliphatic heterocycles. The Balaban J connectivity index is 1.98. The Hall–Kier alpha value is -3.23. The van der Waals surface area contributed by atoms with Crippen LogP contribution in [0, 0.1) is 17.0 Å². The summed E-state index contributed by atoms with van der Waals surface area (Å²) in [7, 11) is 0. The lowest BCUT2D eigenvalue weighted by molar-refractivity contribution is -0.384. The van der Waals surface area contributed by atoms with E-state index in [0.29, 0.717) is 11.5 Å². The number of nitro groups is 1. The molecule has 0 aliphatic carbocycles. The van der Waals surface area contributed by atoms with Crippen LogP contribution in [0.2, 0.25) is 0 Å². The molecular weight excluding hydrogens is 330 g/mol. The second-order valence-electron chi connectivity index (χ2n) is 5.59. The summed E-state index contributed by atoms with van der Waals surface area (Å²) in [6.45, 7) is 4.75. The van der Waals surface area contributed by atoms with Gasteiger partial charge in [0.15, 0.2) is 12.4 Å². The molecule has 2 rings (SSSR count). The Kier molecular flexibility index (Phi) is 5.48. The molecule has 1 amide bonds. The molecule has 1 aromatic heterocycles. The molecule has 1 aromatic carbocycles. The third-order valence-corrected chi connectivity index (χ3v) is 3.29. The van der Waals surface area contributed by atoms with E-state index in [4.69, 9.17) is 9.26 Å². The Morgan fingerprint density at radius 3 is 2.76 bits per heavy atom. The van der Waals surface area contributed by atoms with Crippen LogP contribution in [-0.4, -0.2) is 28.6 Å². The van der Waals surface area contributed by atoms with Crippen molar-refractivity contribution in [1.82, 2.24) is 5.16 Å². The zero-order valence-electron chi connectivity index (χ0n) is 13.9. The van der Waals surface area contributed by atoms with Crippen LogP contribution in [0.15, 0.2) is 28.8 Å². The van der Waals surface area contributed by atoms with Crippen LogP contribution in [0.5, 0.6) is 0 Å². The van der Waals surface area contributed by atoms with Crippen LogP contribution >= 0.6 is 0 Å². The number of aromatic nitrogens is 1. The highest BCUT2D eigenvalue weighted by Gasteiger charge is 2.24. The fourth-order valence-electron chi connectivity index (χ4n) is 2.13. The SMILES string of the molecule is Cc1noc(C(C)C)c1C(=O)OCC(=O)Nc1cccc([N+](=O)[O-])c1. The summed E-state index contributed by atoms with van der Waals surface area (Å²) in [5.74, 6) is -1.00. The van der Waals surface area contributed by atoms with E-state index in [-0.39, 0.29) is 22.9 Å². The first-order valence-corrected chi connectivity index (χ1v) is 7.47. The summed E-state index contributed by atoms with van der Waals surface area (Å²) in [5.41, 5.74) is 0.668. The predicted molar refractivity (Wildman–Crippen MR) is 87.3 cm³/mol. The van der Waals surface area contributed by atoms with Gasteiger partial charge < -0.3 is 14.6 Å². The summed E-state index contributed by atoms with van der Waals surface area (Å²) in [4.78, 5) is 34.2. The highest BCUT2D eigenvalue weighted by molar-refractivity contribution is 5.96. The molecule has 2 aromatic rings. The van der Waals surface area contributed by atoms with Gasteiger partial charge >= 0.3 is 5.97 Å². The van der Waals surface area contributed by atoms with Crippen LogP contribution in [0.3, 0.4) is 0 Å². The summed E-state index contributed by atoms with van der Waals surface area (Å²) in [6.07, 6.45) is 0. The minimum absolute atomic E-state index is 0.0672. The molecular formula is C16H17N3O6. The third-order valence-electron chi connectivity index (χ3n) is 3.29. The van der Waals surface area contributed by atoms with Gasteiger partial charge in [0.25, 0.3) is 11.6 Å². The molecule has 0 bridgehead atoms. The molecule has 0 saturated heterocycles. The third kappa shape index (κ3) is 4.40. The molecule has 0 radical (unpaired) electrons. The first-order chi connectivity index (χ1) is 11.8. The van der Waals surface area contributed by atoms with Crippen molar-refractivity contribution in [1.29, 1.82) is 0 Å². The van der Waals surface area contributed by atoms with Crippen molar-refractivity contribution < 1.29 is 23.8 Å². The Bertz CT molecular complexity index is 812. The number of rotatable bonds is 6. The van der Waals surface area contributed by atoms with Gasteiger partial charge in [0.1, 0.15) is 5.56 Å². The van der Waals surface area contributed by atoms with E-state index in [1.54, 1.807) is 6.92 Å². The lowest BCUT2D eigenvalue weighted by Crippen LogP contribution is -2.21. The average molecular weight is 347 g/mol. The number of non-ortho nitro benzene ring substituents is 1. The van der Waals surface area contributed by atoms with Gasteiger partial charge in [0, 0.05) is 23.7 Å². The van der Waals surface area contributed by atoms with Gasteiger partial charge in [-0.1, -0.05) is 25.1 Å². The minimum atomic E-state index is -0.711. The highest BCUT2D eigenvalue weighted by Crippen LogP contribution is 2.23. The maximum absolute atomic E-state index is 12.2. The molecule has 0 fully saturated rings. The van der Waals surface area contributed by atoms with Crippen molar-refractivity contribution in [2.75, 3.05) is 11.9 Å². The Morgan fingerprint density at radius 1 is 1.40 bits per heavy atom. The molecule has 0 aliphatic rings. The maximum Gasteiger partial charge on any atom is 0.344 e. The first-order valence-electron chi connectivity index (χ1n) is 7.47. The number of nitrogens with zero attached hydrogens (tertiary/aromatic N) is 2. The fourth-order valence-corrected chi connectivity index (χ4v) is 2.13. The van der Waals surface area contributed by atoms with Crippen molar-refractivity contribution in [2.24, 2.45) is 0 Å². The van der Waals surface area contributed by atoms with Crippen molar-refractivity contribution in [3.05, 3.63) is 51.4 Å². The van der Waals surface area contributed by atoms with Gasteiger partial charge in [0.05, 0.1) is 10.6 Å². The minimum Gasteiger partial charge on any atom is -0.452 e. The summed E-state index contributed by atoms with van der Waals surface area (Å²) < 4.78 is 10.1. The average Bonchev–Trinajstić information content (AvgIpc) is 2.95. The van der Waals surface area contributed by atoms with E-state index in [0.717, 1.165) is 0 Å². The zero-order valence-corrected chi connectivity index (χ0v) is 13.9. The van der Waals surface area contributed by atoms with E-state index in [2.05, 4.69) is 10.5 Å². The number of hydrogen-bond donors (Lipinski definition) is 1. The number of esters is 1. The Morgan fingerprint density at radius 2 is 2.12 bits per heavy atom. The van der Waals surface area contributed by atoms with Gasteiger partial charge in [-0.3, -0.25) is 14.9 Å². The van der Waals surface area contributed by atoms with Crippen molar-refractivity contribution in [2.45, 2.75) is 26.7 Å². The monoisotopic (exact) mass is 347 g/mol. The first kappa shape index (κ1) is 18.1. The molecule has 0 saturated carbocycles. The second-order valence-corrected chi connectivity index (χ2v) is 5.59. The van der Waals surface area contributed by atoms with E-state index in [9.17, 15) is 19.7 Å². The number of hydrogen-bond acceptors (Lipinski definition) is 7. The molecule has 132 valence electrons. The molecule has 1 N–H and O–H groups in total. The van der Waals surface area contributed by atoms with E-state index < -0.39 is 23.4 Å². The van der Waals surface area contributed by atoms with Crippen molar-refractivity contribution in [3.8, 4) is 0 Å². The summed E-state index contributed by atoms with van der Waals surface area (Å²) >= 11 is 0. The number of carbonyl (C=O) groups is 2. The van der Waals surface area contributed by atoms with Crippen LogP contribution in [-0.2, 0) is 9.53 Å². The van der Waals surface area contributed by atoms with Crippen LogP contribution < -0.4 is 5.32 Å². The van der Waals surface area contributed by atoms with Gasteiger partial charge in [-0.15, -0.1) is 0 Å². The molecule has 9 nitrogen and oxygen atoms in total.